The number of benzene rings is 3. The van der Waals surface area contributed by atoms with E-state index in [1.807, 2.05) is 19.1 Å². The highest BCUT2D eigenvalue weighted by Gasteiger charge is 2.36. The molecule has 0 fully saturated rings. The Labute approximate surface area is 144 Å². The van der Waals surface area contributed by atoms with Crippen molar-refractivity contribution in [3.05, 3.63) is 84.9 Å². The van der Waals surface area contributed by atoms with Crippen LogP contribution in [0.4, 0.5) is 0 Å². The number of rotatable bonds is 6. The van der Waals surface area contributed by atoms with E-state index >= 15 is 0 Å². The third-order valence-corrected chi connectivity index (χ3v) is 8.86. The molecule has 0 amide bonds. The van der Waals surface area contributed by atoms with Crippen LogP contribution in [0.25, 0.3) is 0 Å². The number of para-hydroxylation sites is 1. The van der Waals surface area contributed by atoms with Crippen molar-refractivity contribution in [3.63, 3.8) is 0 Å². The van der Waals surface area contributed by atoms with Crippen LogP contribution < -0.4 is 20.4 Å². The Kier molecular flexibility index (Phi) is 5.13. The van der Waals surface area contributed by atoms with Gasteiger partial charge in [-0.1, -0.05) is 85.4 Å². The summed E-state index contributed by atoms with van der Waals surface area (Å²) in [7, 11) is -2.18. The Bertz CT molecular complexity index is 733. The Morgan fingerprint density at radius 1 is 0.708 bits per heavy atom. The first-order valence-corrected chi connectivity index (χ1v) is 10.8. The van der Waals surface area contributed by atoms with E-state index in [1.54, 1.807) is 0 Å². The molecule has 3 aromatic carbocycles. The fourth-order valence-corrected chi connectivity index (χ4v) is 6.82. The van der Waals surface area contributed by atoms with Crippen molar-refractivity contribution in [2.45, 2.75) is 13.5 Å². The van der Waals surface area contributed by atoms with Gasteiger partial charge in [0.05, 0.1) is 6.61 Å². The minimum atomic E-state index is -2.18. The maximum absolute atomic E-state index is 5.61. The minimum absolute atomic E-state index is 0.517. The van der Waals surface area contributed by atoms with Crippen molar-refractivity contribution in [1.29, 1.82) is 0 Å². The molecule has 0 unspecified atom stereocenters. The Morgan fingerprint density at radius 3 is 1.75 bits per heavy atom. The highest BCUT2D eigenvalue weighted by molar-refractivity contribution is 7.11. The zero-order valence-electron chi connectivity index (χ0n) is 14.1. The average molecular weight is 334 g/mol. The van der Waals surface area contributed by atoms with Gasteiger partial charge in [-0.15, -0.1) is 0 Å². The zero-order valence-corrected chi connectivity index (χ0v) is 15.1. The van der Waals surface area contributed by atoms with Crippen molar-refractivity contribution in [2.24, 2.45) is 0 Å². The van der Waals surface area contributed by atoms with Crippen molar-refractivity contribution < 1.29 is 9.78 Å². The van der Waals surface area contributed by atoms with Crippen molar-refractivity contribution in [3.8, 4) is 5.75 Å². The molecule has 0 aliphatic rings. The largest absolute Gasteiger partial charge is 0.338 e. The van der Waals surface area contributed by atoms with Gasteiger partial charge in [0.1, 0.15) is 8.07 Å². The molecular weight excluding hydrogens is 312 g/mol. The molecule has 0 saturated heterocycles. The first-order chi connectivity index (χ1) is 11.8. The highest BCUT2D eigenvalue weighted by Crippen LogP contribution is 2.16. The van der Waals surface area contributed by atoms with Crippen LogP contribution in [-0.2, 0) is 4.89 Å². The van der Waals surface area contributed by atoms with Gasteiger partial charge in [-0.3, -0.25) is 0 Å². The normalized spacial score (nSPS) is 11.2. The molecule has 0 N–H and O–H groups in total. The SMILES string of the molecule is CCOOc1ccccc1[Si](C)(c1ccccc1)c1ccccc1. The molecule has 0 aromatic heterocycles. The maximum Gasteiger partial charge on any atom is 0.165 e. The molecular formula is C21H22O2Si. The second kappa shape index (κ2) is 7.47. The highest BCUT2D eigenvalue weighted by atomic mass is 28.3. The number of hydrogen-bond donors (Lipinski definition) is 0. The topological polar surface area (TPSA) is 18.5 Å². The van der Waals surface area contributed by atoms with E-state index in [2.05, 4.69) is 79.3 Å². The van der Waals surface area contributed by atoms with Crippen molar-refractivity contribution >= 4 is 23.6 Å². The van der Waals surface area contributed by atoms with Gasteiger partial charge in [0.15, 0.2) is 5.75 Å². The first-order valence-electron chi connectivity index (χ1n) is 8.27. The van der Waals surface area contributed by atoms with E-state index in [4.69, 9.17) is 9.78 Å². The Hall–Kier alpha value is -2.36. The van der Waals surface area contributed by atoms with Crippen molar-refractivity contribution in [2.75, 3.05) is 6.61 Å². The quantitative estimate of drug-likeness (QED) is 0.298. The fourth-order valence-electron chi connectivity index (χ4n) is 3.10. The molecule has 3 aromatic rings. The van der Waals surface area contributed by atoms with Gasteiger partial charge in [0.2, 0.25) is 0 Å². The Balaban J connectivity index is 2.20. The molecule has 3 rings (SSSR count). The summed E-state index contributed by atoms with van der Waals surface area (Å²) in [4.78, 5) is 10.9. The summed E-state index contributed by atoms with van der Waals surface area (Å²) in [6, 6.07) is 29.6. The molecule has 0 spiro atoms. The monoisotopic (exact) mass is 334 g/mol. The molecule has 0 aliphatic heterocycles. The molecule has 122 valence electrons. The molecule has 0 saturated carbocycles. The molecule has 3 heteroatoms. The van der Waals surface area contributed by atoms with Crippen LogP contribution in [0, 0.1) is 0 Å². The van der Waals surface area contributed by atoms with Gasteiger partial charge in [0.25, 0.3) is 0 Å². The van der Waals surface area contributed by atoms with E-state index < -0.39 is 8.07 Å². The van der Waals surface area contributed by atoms with Gasteiger partial charge < -0.3 is 4.89 Å². The van der Waals surface area contributed by atoms with Gasteiger partial charge in [-0.25, -0.2) is 0 Å². The van der Waals surface area contributed by atoms with Gasteiger partial charge in [0, 0.05) is 0 Å². The summed E-state index contributed by atoms with van der Waals surface area (Å²) in [6.45, 7) is 4.81. The molecule has 24 heavy (non-hydrogen) atoms. The predicted molar refractivity (Wildman–Crippen MR) is 102 cm³/mol. The van der Waals surface area contributed by atoms with Crippen LogP contribution in [0.1, 0.15) is 6.92 Å². The lowest BCUT2D eigenvalue weighted by Gasteiger charge is -2.30. The van der Waals surface area contributed by atoms with Crippen LogP contribution in [0.5, 0.6) is 5.75 Å². The molecule has 0 radical (unpaired) electrons. The Morgan fingerprint density at radius 2 is 1.21 bits per heavy atom. The zero-order chi connectivity index (χ0) is 16.8. The summed E-state index contributed by atoms with van der Waals surface area (Å²) >= 11 is 0. The van der Waals surface area contributed by atoms with Gasteiger partial charge in [-0.05, 0) is 28.6 Å². The third-order valence-electron chi connectivity index (χ3n) is 4.39. The fraction of sp³-hybridized carbons (Fsp3) is 0.143. The van der Waals surface area contributed by atoms with Gasteiger partial charge in [-0.2, -0.15) is 4.89 Å². The smallest absolute Gasteiger partial charge is 0.165 e. The molecule has 0 aliphatic carbocycles. The summed E-state index contributed by atoms with van der Waals surface area (Å²) in [6.07, 6.45) is 0. The second-order valence-electron chi connectivity index (χ2n) is 5.84. The molecule has 0 atom stereocenters. The van der Waals surface area contributed by atoms with E-state index in [0.29, 0.717) is 6.61 Å². The molecule has 2 nitrogen and oxygen atoms in total. The van der Waals surface area contributed by atoms with E-state index in [1.165, 1.54) is 15.6 Å². The second-order valence-corrected chi connectivity index (χ2v) is 9.79. The lowest BCUT2D eigenvalue weighted by atomic mass is 10.3. The summed E-state index contributed by atoms with van der Waals surface area (Å²) < 4.78 is 0. The predicted octanol–water partition coefficient (Wildman–Crippen LogP) is 3.12. The van der Waals surface area contributed by atoms with Gasteiger partial charge >= 0.3 is 0 Å². The van der Waals surface area contributed by atoms with Crippen LogP contribution in [-0.4, -0.2) is 14.7 Å². The van der Waals surface area contributed by atoms with Crippen LogP contribution in [0.2, 0.25) is 6.55 Å². The lowest BCUT2D eigenvalue weighted by molar-refractivity contribution is -0.201. The average Bonchev–Trinajstić information content (AvgIpc) is 2.67. The van der Waals surface area contributed by atoms with Crippen molar-refractivity contribution in [1.82, 2.24) is 0 Å². The lowest BCUT2D eigenvalue weighted by Crippen LogP contribution is -2.64. The summed E-state index contributed by atoms with van der Waals surface area (Å²) in [5, 5.41) is 3.92. The maximum atomic E-state index is 5.61. The first kappa shape index (κ1) is 16.5. The minimum Gasteiger partial charge on any atom is -0.338 e. The van der Waals surface area contributed by atoms with Crippen LogP contribution in [0.3, 0.4) is 0 Å². The summed E-state index contributed by atoms with van der Waals surface area (Å²) in [5.41, 5.74) is 0. The third kappa shape index (κ3) is 3.14. The molecule has 0 heterocycles. The standard InChI is InChI=1S/C21H22O2Si/c1-3-22-23-20-16-10-11-17-21(20)24(2,18-12-6-4-7-13-18)19-14-8-5-9-15-19/h4-17H,3H2,1-2H3. The van der Waals surface area contributed by atoms with E-state index in [9.17, 15) is 0 Å². The van der Waals surface area contributed by atoms with E-state index in [-0.39, 0.29) is 0 Å². The summed E-state index contributed by atoms with van der Waals surface area (Å²) in [5.74, 6) is 0.807. The molecule has 0 bridgehead atoms. The van der Waals surface area contributed by atoms with E-state index in [0.717, 1.165) is 5.75 Å². The number of hydrogen-bond acceptors (Lipinski definition) is 2. The van der Waals surface area contributed by atoms with Crippen LogP contribution in [0.15, 0.2) is 84.9 Å². The van der Waals surface area contributed by atoms with Crippen LogP contribution >= 0.6 is 0 Å².